The van der Waals surface area contributed by atoms with Crippen LogP contribution in [0.1, 0.15) is 38.5 Å². The van der Waals surface area contributed by atoms with Crippen LogP contribution in [0.25, 0.3) is 0 Å². The largest absolute Gasteiger partial charge is 0.481 e. The number of amides is 1. The van der Waals surface area contributed by atoms with E-state index in [4.69, 9.17) is 14.6 Å². The molecule has 2 rings (SSSR count). The Morgan fingerprint density at radius 3 is 2.65 bits per heavy atom. The molecule has 1 atom stereocenters. The monoisotopic (exact) mass is 285 g/mol. The Bertz CT molecular complexity index is 363. The van der Waals surface area contributed by atoms with Crippen LogP contribution in [0.3, 0.4) is 0 Å². The number of nitrogens with zero attached hydrogens (tertiary/aromatic N) is 1. The number of aliphatic carboxylic acids is 1. The first-order valence-electron chi connectivity index (χ1n) is 7.24. The summed E-state index contributed by atoms with van der Waals surface area (Å²) in [7, 11) is 1.71. The second-order valence-electron chi connectivity index (χ2n) is 5.55. The van der Waals surface area contributed by atoms with E-state index in [0.29, 0.717) is 13.1 Å². The summed E-state index contributed by atoms with van der Waals surface area (Å²) in [5, 5.41) is 8.62. The molecule has 20 heavy (non-hydrogen) atoms. The average Bonchev–Trinajstić information content (AvgIpc) is 2.46. The van der Waals surface area contributed by atoms with Crippen molar-refractivity contribution in [1.82, 2.24) is 4.90 Å². The summed E-state index contributed by atoms with van der Waals surface area (Å²) >= 11 is 0. The number of rotatable bonds is 4. The predicted octanol–water partition coefficient (Wildman–Crippen LogP) is 1.04. The highest BCUT2D eigenvalue weighted by Crippen LogP contribution is 2.36. The standard InChI is InChI=1S/C14H23NO5/c1-19-11-3-2-10-20-14(11)6-8-15(9-7-14)12(16)4-5-13(17)18/h11H,2-10H2,1H3,(H,17,18)/t11-/m1/s1. The van der Waals surface area contributed by atoms with Crippen molar-refractivity contribution in [2.75, 3.05) is 26.8 Å². The van der Waals surface area contributed by atoms with Gasteiger partial charge in [-0.2, -0.15) is 0 Å². The van der Waals surface area contributed by atoms with Gasteiger partial charge in [-0.15, -0.1) is 0 Å². The Hall–Kier alpha value is -1.14. The summed E-state index contributed by atoms with van der Waals surface area (Å²) in [6.07, 6.45) is 3.64. The van der Waals surface area contributed by atoms with E-state index in [1.165, 1.54) is 0 Å². The van der Waals surface area contributed by atoms with Crippen LogP contribution >= 0.6 is 0 Å². The fourth-order valence-corrected chi connectivity index (χ4v) is 3.21. The van der Waals surface area contributed by atoms with Crippen LogP contribution in [0.15, 0.2) is 0 Å². The van der Waals surface area contributed by atoms with Gasteiger partial charge in [0.25, 0.3) is 0 Å². The summed E-state index contributed by atoms with van der Waals surface area (Å²) in [6.45, 7) is 2.00. The lowest BCUT2D eigenvalue weighted by Crippen LogP contribution is -2.56. The van der Waals surface area contributed by atoms with Crippen LogP contribution in [0.5, 0.6) is 0 Å². The van der Waals surface area contributed by atoms with Gasteiger partial charge >= 0.3 is 5.97 Å². The van der Waals surface area contributed by atoms with E-state index in [-0.39, 0.29) is 30.5 Å². The number of methoxy groups -OCH3 is 1. The van der Waals surface area contributed by atoms with Gasteiger partial charge in [0.05, 0.1) is 18.1 Å². The van der Waals surface area contributed by atoms with Gasteiger partial charge in [0.15, 0.2) is 0 Å². The number of carbonyl (C=O) groups is 2. The number of ether oxygens (including phenoxy) is 2. The van der Waals surface area contributed by atoms with Gasteiger partial charge in [0.1, 0.15) is 0 Å². The first-order valence-corrected chi connectivity index (χ1v) is 7.24. The average molecular weight is 285 g/mol. The third kappa shape index (κ3) is 3.30. The summed E-state index contributed by atoms with van der Waals surface area (Å²) in [6, 6.07) is 0. The van der Waals surface area contributed by atoms with E-state index in [0.717, 1.165) is 32.3 Å². The van der Waals surface area contributed by atoms with Crippen molar-refractivity contribution in [2.24, 2.45) is 0 Å². The Balaban J connectivity index is 1.87. The zero-order chi connectivity index (χ0) is 14.6. The maximum absolute atomic E-state index is 11.9. The van der Waals surface area contributed by atoms with Gasteiger partial charge < -0.3 is 19.5 Å². The molecule has 0 radical (unpaired) electrons. The van der Waals surface area contributed by atoms with Crippen LogP contribution in [-0.4, -0.2) is 60.4 Å². The molecule has 6 nitrogen and oxygen atoms in total. The fourth-order valence-electron chi connectivity index (χ4n) is 3.21. The highest BCUT2D eigenvalue weighted by Gasteiger charge is 2.45. The number of carboxylic acid groups (broad SMARTS) is 1. The molecule has 2 fully saturated rings. The molecular formula is C14H23NO5. The SMILES string of the molecule is CO[C@@H]1CCCOC12CCN(C(=O)CCC(=O)O)CC2. The maximum atomic E-state index is 11.9. The van der Waals surface area contributed by atoms with Crippen molar-refractivity contribution in [1.29, 1.82) is 0 Å². The molecule has 2 heterocycles. The zero-order valence-corrected chi connectivity index (χ0v) is 12.0. The number of piperidine rings is 1. The minimum Gasteiger partial charge on any atom is -0.481 e. The molecule has 0 aromatic heterocycles. The number of likely N-dealkylation sites (tertiary alicyclic amines) is 1. The van der Waals surface area contributed by atoms with E-state index < -0.39 is 5.97 Å². The van der Waals surface area contributed by atoms with E-state index in [9.17, 15) is 9.59 Å². The lowest BCUT2D eigenvalue weighted by atomic mass is 9.81. The van der Waals surface area contributed by atoms with Crippen LogP contribution in [0.2, 0.25) is 0 Å². The number of carbonyl (C=O) groups excluding carboxylic acids is 1. The summed E-state index contributed by atoms with van der Waals surface area (Å²) in [5.41, 5.74) is -0.253. The second-order valence-corrected chi connectivity index (χ2v) is 5.55. The molecule has 2 aliphatic rings. The van der Waals surface area contributed by atoms with Gasteiger partial charge in [-0.25, -0.2) is 0 Å². The maximum Gasteiger partial charge on any atom is 0.303 e. The van der Waals surface area contributed by atoms with Gasteiger partial charge in [-0.3, -0.25) is 9.59 Å². The zero-order valence-electron chi connectivity index (χ0n) is 12.0. The second kappa shape index (κ2) is 6.54. The van der Waals surface area contributed by atoms with E-state index in [1.54, 1.807) is 12.0 Å². The number of carboxylic acids is 1. The summed E-state index contributed by atoms with van der Waals surface area (Å²) < 4.78 is 11.5. The van der Waals surface area contributed by atoms with Crippen LogP contribution in [0.4, 0.5) is 0 Å². The molecule has 0 bridgehead atoms. The van der Waals surface area contributed by atoms with Crippen molar-refractivity contribution < 1.29 is 24.2 Å². The lowest BCUT2D eigenvalue weighted by Gasteiger charge is -2.48. The Kier molecular flexibility index (Phi) is 4.99. The van der Waals surface area contributed by atoms with Crippen LogP contribution < -0.4 is 0 Å². The van der Waals surface area contributed by atoms with Crippen molar-refractivity contribution in [3.63, 3.8) is 0 Å². The van der Waals surface area contributed by atoms with Crippen molar-refractivity contribution in [2.45, 2.75) is 50.2 Å². The fraction of sp³-hybridized carbons (Fsp3) is 0.857. The lowest BCUT2D eigenvalue weighted by molar-refractivity contribution is -0.188. The Morgan fingerprint density at radius 1 is 1.35 bits per heavy atom. The molecule has 2 saturated heterocycles. The quantitative estimate of drug-likeness (QED) is 0.835. The Labute approximate surface area is 119 Å². The third-order valence-corrected chi connectivity index (χ3v) is 4.39. The smallest absolute Gasteiger partial charge is 0.303 e. The number of hydrogen-bond donors (Lipinski definition) is 1. The highest BCUT2D eigenvalue weighted by molar-refractivity contribution is 5.80. The van der Waals surface area contributed by atoms with E-state index in [2.05, 4.69) is 0 Å². The van der Waals surface area contributed by atoms with Crippen molar-refractivity contribution >= 4 is 11.9 Å². The normalized spacial score (nSPS) is 25.6. The predicted molar refractivity (Wildman–Crippen MR) is 71.4 cm³/mol. The molecule has 0 aromatic rings. The van der Waals surface area contributed by atoms with E-state index in [1.807, 2.05) is 0 Å². The minimum absolute atomic E-state index is 0.0768. The first-order chi connectivity index (χ1) is 9.57. The molecule has 0 aliphatic carbocycles. The molecule has 2 aliphatic heterocycles. The third-order valence-electron chi connectivity index (χ3n) is 4.39. The number of hydrogen-bond acceptors (Lipinski definition) is 4. The molecule has 0 saturated carbocycles. The molecule has 6 heteroatoms. The summed E-state index contributed by atoms with van der Waals surface area (Å²) in [4.78, 5) is 24.2. The molecule has 114 valence electrons. The van der Waals surface area contributed by atoms with Gasteiger partial charge in [-0.1, -0.05) is 0 Å². The molecule has 0 aromatic carbocycles. The van der Waals surface area contributed by atoms with Gasteiger partial charge in [0, 0.05) is 33.2 Å². The Morgan fingerprint density at radius 2 is 2.05 bits per heavy atom. The van der Waals surface area contributed by atoms with Gasteiger partial charge in [-0.05, 0) is 25.7 Å². The van der Waals surface area contributed by atoms with Crippen LogP contribution in [-0.2, 0) is 19.1 Å². The van der Waals surface area contributed by atoms with Crippen molar-refractivity contribution in [3.05, 3.63) is 0 Å². The molecule has 1 amide bonds. The molecule has 0 unspecified atom stereocenters. The van der Waals surface area contributed by atoms with Gasteiger partial charge in [0.2, 0.25) is 5.91 Å². The van der Waals surface area contributed by atoms with E-state index >= 15 is 0 Å². The molecular weight excluding hydrogens is 262 g/mol. The van der Waals surface area contributed by atoms with Crippen molar-refractivity contribution in [3.8, 4) is 0 Å². The van der Waals surface area contributed by atoms with Crippen LogP contribution in [0, 0.1) is 0 Å². The topological polar surface area (TPSA) is 76.1 Å². The summed E-state index contributed by atoms with van der Waals surface area (Å²) in [5.74, 6) is -1.01. The molecule has 1 N–H and O–H groups in total. The first kappa shape index (κ1) is 15.3. The minimum atomic E-state index is -0.929. The molecule has 1 spiro atoms. The highest BCUT2D eigenvalue weighted by atomic mass is 16.5.